The normalized spacial score (nSPS) is 11.3. The third-order valence-corrected chi connectivity index (χ3v) is 2.78. The van der Waals surface area contributed by atoms with Gasteiger partial charge in [0, 0.05) is 5.56 Å². The monoisotopic (exact) mass is 292 g/mol. The SMILES string of the molecule is C/C(=N/NC(=O)c1ccccc1F)c1ccc(F)c(F)c1. The van der Waals surface area contributed by atoms with E-state index in [1.54, 1.807) is 0 Å². The van der Waals surface area contributed by atoms with Gasteiger partial charge in [-0.3, -0.25) is 4.79 Å². The highest BCUT2D eigenvalue weighted by atomic mass is 19.2. The smallest absolute Gasteiger partial charge is 0.267 e. The second kappa shape index (κ2) is 6.21. The molecule has 3 nitrogen and oxygen atoms in total. The largest absolute Gasteiger partial charge is 0.274 e. The Labute approximate surface area is 119 Å². The summed E-state index contributed by atoms with van der Waals surface area (Å²) in [4.78, 5) is 11.7. The lowest BCUT2D eigenvalue weighted by Crippen LogP contribution is -2.20. The van der Waals surface area contributed by atoms with E-state index in [-0.39, 0.29) is 11.3 Å². The topological polar surface area (TPSA) is 41.5 Å². The van der Waals surface area contributed by atoms with E-state index in [1.807, 2.05) is 0 Å². The van der Waals surface area contributed by atoms with E-state index < -0.39 is 23.4 Å². The molecule has 0 spiro atoms. The minimum absolute atomic E-state index is 0.153. The van der Waals surface area contributed by atoms with Crippen molar-refractivity contribution in [3.63, 3.8) is 0 Å². The van der Waals surface area contributed by atoms with Crippen LogP contribution in [0.1, 0.15) is 22.8 Å². The zero-order chi connectivity index (χ0) is 15.4. The van der Waals surface area contributed by atoms with Crippen molar-refractivity contribution in [1.29, 1.82) is 0 Å². The lowest BCUT2D eigenvalue weighted by molar-refractivity contribution is 0.0951. The highest BCUT2D eigenvalue weighted by Gasteiger charge is 2.10. The van der Waals surface area contributed by atoms with E-state index in [2.05, 4.69) is 10.5 Å². The van der Waals surface area contributed by atoms with Gasteiger partial charge >= 0.3 is 0 Å². The van der Waals surface area contributed by atoms with Crippen molar-refractivity contribution in [2.75, 3.05) is 0 Å². The second-order valence-electron chi connectivity index (χ2n) is 4.25. The fourth-order valence-corrected chi connectivity index (χ4v) is 1.63. The first-order chi connectivity index (χ1) is 9.99. The minimum Gasteiger partial charge on any atom is -0.267 e. The summed E-state index contributed by atoms with van der Waals surface area (Å²) >= 11 is 0. The van der Waals surface area contributed by atoms with Gasteiger partial charge in [0.25, 0.3) is 5.91 Å². The predicted molar refractivity (Wildman–Crippen MR) is 72.4 cm³/mol. The van der Waals surface area contributed by atoms with E-state index in [4.69, 9.17) is 0 Å². The molecule has 0 atom stereocenters. The summed E-state index contributed by atoms with van der Waals surface area (Å²) in [6.45, 7) is 1.51. The van der Waals surface area contributed by atoms with Crippen LogP contribution in [-0.4, -0.2) is 11.6 Å². The third-order valence-electron chi connectivity index (χ3n) is 2.78. The van der Waals surface area contributed by atoms with E-state index >= 15 is 0 Å². The molecule has 108 valence electrons. The Bertz CT molecular complexity index is 714. The van der Waals surface area contributed by atoms with Crippen LogP contribution < -0.4 is 5.43 Å². The molecule has 6 heteroatoms. The summed E-state index contributed by atoms with van der Waals surface area (Å²) in [6.07, 6.45) is 0. The zero-order valence-corrected chi connectivity index (χ0v) is 11.0. The first kappa shape index (κ1) is 14.8. The molecule has 0 unspecified atom stereocenters. The molecule has 0 aliphatic heterocycles. The number of hydrazone groups is 1. The van der Waals surface area contributed by atoms with Crippen LogP contribution in [0, 0.1) is 17.5 Å². The lowest BCUT2D eigenvalue weighted by atomic mass is 10.1. The summed E-state index contributed by atoms with van der Waals surface area (Å²) in [5.41, 5.74) is 2.58. The number of halogens is 3. The average molecular weight is 292 g/mol. The van der Waals surface area contributed by atoms with Gasteiger partial charge in [-0.25, -0.2) is 18.6 Å². The number of rotatable bonds is 3. The fraction of sp³-hybridized carbons (Fsp3) is 0.0667. The maximum Gasteiger partial charge on any atom is 0.274 e. The van der Waals surface area contributed by atoms with Crippen LogP contribution in [0.2, 0.25) is 0 Å². The molecule has 1 N–H and O–H groups in total. The van der Waals surface area contributed by atoms with Gasteiger partial charge in [-0.1, -0.05) is 12.1 Å². The fourth-order valence-electron chi connectivity index (χ4n) is 1.63. The Morgan fingerprint density at radius 2 is 1.71 bits per heavy atom. The Morgan fingerprint density at radius 3 is 2.38 bits per heavy atom. The number of amides is 1. The van der Waals surface area contributed by atoms with Gasteiger partial charge in [-0.2, -0.15) is 5.10 Å². The molecule has 0 aliphatic rings. The molecule has 0 radical (unpaired) electrons. The van der Waals surface area contributed by atoms with E-state index in [0.717, 1.165) is 18.2 Å². The molecule has 0 heterocycles. The number of benzene rings is 2. The van der Waals surface area contributed by atoms with Crippen LogP contribution in [0.15, 0.2) is 47.6 Å². The number of carbonyl (C=O) groups is 1. The third kappa shape index (κ3) is 3.47. The lowest BCUT2D eigenvalue weighted by Gasteiger charge is -2.04. The molecule has 0 saturated carbocycles. The van der Waals surface area contributed by atoms with Crippen molar-refractivity contribution in [2.24, 2.45) is 5.10 Å². The van der Waals surface area contributed by atoms with Crippen molar-refractivity contribution >= 4 is 11.6 Å². The zero-order valence-electron chi connectivity index (χ0n) is 11.0. The molecule has 1 amide bonds. The molecule has 2 rings (SSSR count). The van der Waals surface area contributed by atoms with Gasteiger partial charge < -0.3 is 0 Å². The van der Waals surface area contributed by atoms with Crippen LogP contribution in [0.5, 0.6) is 0 Å². The molecule has 2 aromatic rings. The maximum atomic E-state index is 13.4. The van der Waals surface area contributed by atoms with E-state index in [9.17, 15) is 18.0 Å². The second-order valence-corrected chi connectivity index (χ2v) is 4.25. The van der Waals surface area contributed by atoms with Crippen LogP contribution in [-0.2, 0) is 0 Å². The summed E-state index contributed by atoms with van der Waals surface area (Å²) < 4.78 is 39.3. The molecule has 0 aliphatic carbocycles. The van der Waals surface area contributed by atoms with Crippen molar-refractivity contribution in [3.05, 3.63) is 71.0 Å². The van der Waals surface area contributed by atoms with Crippen LogP contribution >= 0.6 is 0 Å². The van der Waals surface area contributed by atoms with Crippen LogP contribution in [0.4, 0.5) is 13.2 Å². The van der Waals surface area contributed by atoms with Crippen molar-refractivity contribution in [2.45, 2.75) is 6.92 Å². The summed E-state index contributed by atoms with van der Waals surface area (Å²) in [5, 5.41) is 3.74. The molecular weight excluding hydrogens is 281 g/mol. The molecule has 2 aromatic carbocycles. The molecule has 0 aromatic heterocycles. The summed E-state index contributed by atoms with van der Waals surface area (Å²) in [5.74, 6) is -3.38. The maximum absolute atomic E-state index is 13.4. The van der Waals surface area contributed by atoms with Crippen LogP contribution in [0.25, 0.3) is 0 Å². The number of nitrogens with one attached hydrogen (secondary N) is 1. The highest BCUT2D eigenvalue weighted by Crippen LogP contribution is 2.10. The highest BCUT2D eigenvalue weighted by molar-refractivity contribution is 6.00. The first-order valence-corrected chi connectivity index (χ1v) is 6.03. The number of carbonyl (C=O) groups excluding carboxylic acids is 1. The molecule has 0 bridgehead atoms. The van der Waals surface area contributed by atoms with Gasteiger partial charge in [-0.05, 0) is 37.3 Å². The first-order valence-electron chi connectivity index (χ1n) is 6.03. The Morgan fingerprint density at radius 1 is 1.00 bits per heavy atom. The van der Waals surface area contributed by atoms with Gasteiger partial charge in [0.1, 0.15) is 5.82 Å². The van der Waals surface area contributed by atoms with Crippen molar-refractivity contribution in [3.8, 4) is 0 Å². The number of hydrogen-bond acceptors (Lipinski definition) is 2. The number of nitrogens with zero attached hydrogens (tertiary/aromatic N) is 1. The summed E-state index contributed by atoms with van der Waals surface area (Å²) in [7, 11) is 0. The molecule has 0 saturated heterocycles. The van der Waals surface area contributed by atoms with Crippen LogP contribution in [0.3, 0.4) is 0 Å². The van der Waals surface area contributed by atoms with Gasteiger partial charge in [0.05, 0.1) is 11.3 Å². The van der Waals surface area contributed by atoms with E-state index in [0.29, 0.717) is 5.56 Å². The average Bonchev–Trinajstić information content (AvgIpc) is 2.47. The Hall–Kier alpha value is -2.63. The van der Waals surface area contributed by atoms with Crippen molar-refractivity contribution in [1.82, 2.24) is 5.43 Å². The van der Waals surface area contributed by atoms with Gasteiger partial charge in [-0.15, -0.1) is 0 Å². The standard InChI is InChI=1S/C15H11F3N2O/c1-9(10-6-7-13(17)14(18)8-10)19-20-15(21)11-4-2-3-5-12(11)16/h2-8H,1H3,(H,20,21)/b19-9-. The predicted octanol–water partition coefficient (Wildman–Crippen LogP) is 3.26. The molecule has 21 heavy (non-hydrogen) atoms. The quantitative estimate of drug-likeness (QED) is 0.684. The van der Waals surface area contributed by atoms with E-state index in [1.165, 1.54) is 31.2 Å². The Balaban J connectivity index is 2.15. The number of hydrogen-bond donors (Lipinski definition) is 1. The molecular formula is C15H11F3N2O. The summed E-state index contributed by atoms with van der Waals surface area (Å²) in [6, 6.07) is 8.69. The van der Waals surface area contributed by atoms with Crippen molar-refractivity contribution < 1.29 is 18.0 Å². The van der Waals surface area contributed by atoms with Gasteiger partial charge in [0.2, 0.25) is 0 Å². The molecule has 0 fully saturated rings. The van der Waals surface area contributed by atoms with Gasteiger partial charge in [0.15, 0.2) is 11.6 Å². The Kier molecular flexibility index (Phi) is 4.37. The minimum atomic E-state index is -1.01.